The van der Waals surface area contributed by atoms with Gasteiger partial charge < -0.3 is 5.32 Å². The Balaban J connectivity index is 2.30. The fourth-order valence-electron chi connectivity index (χ4n) is 1.88. The molecule has 8 heteroatoms. The third-order valence-electron chi connectivity index (χ3n) is 2.87. The zero-order chi connectivity index (χ0) is 15.5. The highest BCUT2D eigenvalue weighted by molar-refractivity contribution is 9.10. The largest absolute Gasteiger partial charge is 0.316 e. The molecule has 0 spiro atoms. The van der Waals surface area contributed by atoms with Gasteiger partial charge >= 0.3 is 0 Å². The van der Waals surface area contributed by atoms with Crippen LogP contribution in [0, 0.1) is 6.92 Å². The van der Waals surface area contributed by atoms with E-state index in [1.165, 1.54) is 11.3 Å². The first-order valence-electron chi connectivity index (χ1n) is 6.24. The van der Waals surface area contributed by atoms with Crippen molar-refractivity contribution in [1.29, 1.82) is 0 Å². The number of sulfonamides is 1. The zero-order valence-electron chi connectivity index (χ0n) is 11.7. The number of halogens is 1. The van der Waals surface area contributed by atoms with Gasteiger partial charge in [0.2, 0.25) is 10.0 Å². The highest BCUT2D eigenvalue weighted by atomic mass is 79.9. The van der Waals surface area contributed by atoms with Crippen LogP contribution in [-0.2, 0) is 23.1 Å². The summed E-state index contributed by atoms with van der Waals surface area (Å²) >= 11 is 4.79. The average molecular weight is 390 g/mol. The fourth-order valence-corrected chi connectivity index (χ4v) is 4.58. The van der Waals surface area contributed by atoms with E-state index in [1.807, 2.05) is 20.0 Å². The van der Waals surface area contributed by atoms with Crippen LogP contribution in [0.3, 0.4) is 0 Å². The lowest BCUT2D eigenvalue weighted by atomic mass is 10.1. The second-order valence-corrected chi connectivity index (χ2v) is 8.05. The topological polar surface area (TPSA) is 71.1 Å². The van der Waals surface area contributed by atoms with Crippen LogP contribution < -0.4 is 10.0 Å². The summed E-state index contributed by atoms with van der Waals surface area (Å²) in [6.07, 6.45) is 1.66. The van der Waals surface area contributed by atoms with Gasteiger partial charge in [-0.25, -0.2) is 13.1 Å². The van der Waals surface area contributed by atoms with Gasteiger partial charge in [0.05, 0.1) is 10.4 Å². The Morgan fingerprint density at radius 2 is 2.10 bits per heavy atom. The van der Waals surface area contributed by atoms with Crippen molar-refractivity contribution >= 4 is 37.3 Å². The first kappa shape index (κ1) is 16.6. The smallest absolute Gasteiger partial charge is 0.242 e. The third-order valence-corrected chi connectivity index (χ3v) is 6.39. The standard InChI is InChI=1S/C13H16BrN3O2S2/c1-9-3-10(5-15-2)4-12(13(9)14)21(18,19)17-7-11-6-16-8-20-11/h3-4,6,8,15,17H,5,7H2,1-2H3. The van der Waals surface area contributed by atoms with Gasteiger partial charge in [0.25, 0.3) is 0 Å². The van der Waals surface area contributed by atoms with Crippen LogP contribution >= 0.6 is 27.3 Å². The van der Waals surface area contributed by atoms with Crippen molar-refractivity contribution in [3.8, 4) is 0 Å². The van der Waals surface area contributed by atoms with Crippen molar-refractivity contribution in [2.75, 3.05) is 7.05 Å². The molecule has 21 heavy (non-hydrogen) atoms. The van der Waals surface area contributed by atoms with Gasteiger partial charge in [0.1, 0.15) is 0 Å². The molecule has 2 rings (SSSR count). The number of aryl methyl sites for hydroxylation is 1. The Morgan fingerprint density at radius 1 is 1.33 bits per heavy atom. The molecule has 2 aromatic rings. The predicted molar refractivity (Wildman–Crippen MR) is 87.8 cm³/mol. The molecule has 0 bridgehead atoms. The zero-order valence-corrected chi connectivity index (χ0v) is 14.9. The molecule has 1 aromatic carbocycles. The minimum absolute atomic E-state index is 0.245. The number of nitrogens with zero attached hydrogens (tertiary/aromatic N) is 1. The fraction of sp³-hybridized carbons (Fsp3) is 0.308. The van der Waals surface area contributed by atoms with E-state index in [-0.39, 0.29) is 11.4 Å². The summed E-state index contributed by atoms with van der Waals surface area (Å²) in [5.41, 5.74) is 3.49. The molecule has 1 aromatic heterocycles. The SMILES string of the molecule is CNCc1cc(C)c(Br)c(S(=O)(=O)NCc2cncs2)c1. The van der Waals surface area contributed by atoms with Crippen LogP contribution in [0.2, 0.25) is 0 Å². The molecule has 0 aliphatic rings. The minimum atomic E-state index is -3.58. The van der Waals surface area contributed by atoms with Gasteiger partial charge in [-0.05, 0) is 47.1 Å². The van der Waals surface area contributed by atoms with E-state index in [9.17, 15) is 8.42 Å². The quantitative estimate of drug-likeness (QED) is 0.795. The number of hydrogen-bond acceptors (Lipinski definition) is 5. The second kappa shape index (κ2) is 6.97. The average Bonchev–Trinajstić information content (AvgIpc) is 2.94. The Hall–Kier alpha value is -0.800. The number of hydrogen-bond donors (Lipinski definition) is 2. The maximum absolute atomic E-state index is 12.5. The minimum Gasteiger partial charge on any atom is -0.316 e. The molecule has 1 heterocycles. The normalized spacial score (nSPS) is 11.8. The van der Waals surface area contributed by atoms with Gasteiger partial charge in [-0.1, -0.05) is 6.07 Å². The first-order chi connectivity index (χ1) is 9.94. The van der Waals surface area contributed by atoms with Gasteiger partial charge in [0.15, 0.2) is 0 Å². The molecular formula is C13H16BrN3O2S2. The summed E-state index contributed by atoms with van der Waals surface area (Å²) in [6.45, 7) is 2.74. The number of rotatable bonds is 6. The molecule has 0 saturated carbocycles. The number of nitrogens with one attached hydrogen (secondary N) is 2. The van der Waals surface area contributed by atoms with E-state index >= 15 is 0 Å². The summed E-state index contributed by atoms with van der Waals surface area (Å²) in [6, 6.07) is 3.64. The monoisotopic (exact) mass is 389 g/mol. The summed E-state index contributed by atoms with van der Waals surface area (Å²) < 4.78 is 28.2. The molecular weight excluding hydrogens is 374 g/mol. The molecule has 0 fully saturated rings. The van der Waals surface area contributed by atoms with Crippen molar-refractivity contribution in [2.24, 2.45) is 0 Å². The molecule has 0 amide bonds. The van der Waals surface area contributed by atoms with Crippen LogP contribution in [0.25, 0.3) is 0 Å². The molecule has 0 unspecified atom stereocenters. The van der Waals surface area contributed by atoms with Crippen molar-refractivity contribution in [3.05, 3.63) is 44.3 Å². The lowest BCUT2D eigenvalue weighted by Gasteiger charge is -2.12. The predicted octanol–water partition coefficient (Wildman–Crippen LogP) is 2.41. The van der Waals surface area contributed by atoms with Crippen LogP contribution in [0.5, 0.6) is 0 Å². The Morgan fingerprint density at radius 3 is 2.71 bits per heavy atom. The van der Waals surface area contributed by atoms with Gasteiger partial charge in [-0.2, -0.15) is 0 Å². The highest BCUT2D eigenvalue weighted by Crippen LogP contribution is 2.27. The maximum atomic E-state index is 12.5. The molecule has 0 atom stereocenters. The van der Waals surface area contributed by atoms with E-state index in [4.69, 9.17) is 0 Å². The Labute approximate surface area is 137 Å². The maximum Gasteiger partial charge on any atom is 0.242 e. The molecule has 0 aliphatic carbocycles. The molecule has 5 nitrogen and oxygen atoms in total. The molecule has 0 aliphatic heterocycles. The molecule has 0 saturated heterocycles. The molecule has 2 N–H and O–H groups in total. The van der Waals surface area contributed by atoms with Crippen LogP contribution in [-0.4, -0.2) is 20.4 Å². The summed E-state index contributed by atoms with van der Waals surface area (Å²) in [4.78, 5) is 5.07. The third kappa shape index (κ3) is 4.10. The van der Waals surface area contributed by atoms with Crippen LogP contribution in [0.4, 0.5) is 0 Å². The van der Waals surface area contributed by atoms with Crippen molar-refractivity contribution in [1.82, 2.24) is 15.0 Å². The lowest BCUT2D eigenvalue weighted by Crippen LogP contribution is -2.23. The Kier molecular flexibility index (Phi) is 5.50. The van der Waals surface area contributed by atoms with Crippen LogP contribution in [0.1, 0.15) is 16.0 Å². The summed E-state index contributed by atoms with van der Waals surface area (Å²) in [5, 5.41) is 3.03. The number of thiazole rings is 1. The molecule has 0 radical (unpaired) electrons. The second-order valence-electron chi connectivity index (χ2n) is 4.55. The van der Waals surface area contributed by atoms with E-state index in [2.05, 4.69) is 31.0 Å². The van der Waals surface area contributed by atoms with E-state index in [0.717, 1.165) is 16.0 Å². The van der Waals surface area contributed by atoms with Crippen molar-refractivity contribution in [2.45, 2.75) is 24.9 Å². The van der Waals surface area contributed by atoms with Gasteiger partial charge in [0, 0.05) is 28.6 Å². The Bertz CT molecular complexity index is 715. The highest BCUT2D eigenvalue weighted by Gasteiger charge is 2.20. The number of benzene rings is 1. The lowest BCUT2D eigenvalue weighted by molar-refractivity contribution is 0.581. The van der Waals surface area contributed by atoms with E-state index < -0.39 is 10.0 Å². The molecule has 114 valence electrons. The van der Waals surface area contributed by atoms with E-state index in [0.29, 0.717) is 11.0 Å². The summed E-state index contributed by atoms with van der Waals surface area (Å²) in [5.74, 6) is 0. The number of aromatic nitrogens is 1. The first-order valence-corrected chi connectivity index (χ1v) is 9.40. The van der Waals surface area contributed by atoms with Crippen molar-refractivity contribution < 1.29 is 8.42 Å². The van der Waals surface area contributed by atoms with Crippen molar-refractivity contribution in [3.63, 3.8) is 0 Å². The van der Waals surface area contributed by atoms with E-state index in [1.54, 1.807) is 17.8 Å². The summed E-state index contributed by atoms with van der Waals surface area (Å²) in [7, 11) is -1.75. The van der Waals surface area contributed by atoms with Crippen LogP contribution in [0.15, 0.2) is 33.2 Å². The van der Waals surface area contributed by atoms with Gasteiger partial charge in [-0.3, -0.25) is 4.98 Å². The van der Waals surface area contributed by atoms with Gasteiger partial charge in [-0.15, -0.1) is 11.3 Å².